The van der Waals surface area contributed by atoms with Crippen molar-refractivity contribution < 1.29 is 19.1 Å². The Hall–Kier alpha value is -1.97. The van der Waals surface area contributed by atoms with Crippen LogP contribution in [0.25, 0.3) is 0 Å². The van der Waals surface area contributed by atoms with Gasteiger partial charge in [0.05, 0.1) is 19.7 Å². The molecule has 0 aromatic rings. The zero-order valence-corrected chi connectivity index (χ0v) is 10.6. The van der Waals surface area contributed by atoms with Gasteiger partial charge in [-0.2, -0.15) is 0 Å². The Labute approximate surface area is 106 Å². The molecule has 0 saturated heterocycles. The lowest BCUT2D eigenvalue weighted by Gasteiger charge is -1.93. The number of carbonyl (C=O) groups excluding carboxylic acids is 3. The highest BCUT2D eigenvalue weighted by molar-refractivity contribution is 5.64. The highest BCUT2D eigenvalue weighted by atomic mass is 16.5. The monoisotopic (exact) mass is 257 g/mol. The molecule has 0 fully saturated rings. The molecule has 2 N–H and O–H groups in total. The molecule has 0 spiro atoms. The van der Waals surface area contributed by atoms with Gasteiger partial charge in [-0.1, -0.05) is 12.8 Å². The minimum absolute atomic E-state index is 0.356. The van der Waals surface area contributed by atoms with Gasteiger partial charge < -0.3 is 10.5 Å². The van der Waals surface area contributed by atoms with E-state index in [0.717, 1.165) is 25.7 Å². The minimum atomic E-state index is -0.711. The lowest BCUT2D eigenvalue weighted by molar-refractivity contribution is 0.163. The van der Waals surface area contributed by atoms with E-state index in [2.05, 4.69) is 20.5 Å². The van der Waals surface area contributed by atoms with E-state index in [9.17, 15) is 14.4 Å². The summed E-state index contributed by atoms with van der Waals surface area (Å²) in [4.78, 5) is 35.7. The standard InChI is InChI=1S/C8H12N2O2.C3H7NO2/c11-7-9-5-3-1-2-4-6-10-8-12;1-2-6-3(4)5/h1-6H2;2H2,1H3,(H2,4,5). The first kappa shape index (κ1) is 18.4. The van der Waals surface area contributed by atoms with Gasteiger partial charge in [-0.25, -0.2) is 24.4 Å². The number of primary amides is 1. The molecule has 102 valence electrons. The molecular weight excluding hydrogens is 238 g/mol. The molecular formula is C11H19N3O4. The Bertz CT molecular complexity index is 273. The molecule has 0 radical (unpaired) electrons. The third-order valence-electron chi connectivity index (χ3n) is 1.71. The Balaban J connectivity index is 0. The maximum atomic E-state index is 9.63. The molecule has 0 rings (SSSR count). The number of isocyanates is 2. The lowest BCUT2D eigenvalue weighted by atomic mass is 10.2. The van der Waals surface area contributed by atoms with E-state index in [1.807, 2.05) is 0 Å². The molecule has 7 nitrogen and oxygen atoms in total. The normalized spacial score (nSPS) is 8.06. The predicted molar refractivity (Wildman–Crippen MR) is 65.7 cm³/mol. The van der Waals surface area contributed by atoms with Crippen LogP contribution < -0.4 is 5.73 Å². The van der Waals surface area contributed by atoms with Crippen molar-refractivity contribution in [2.24, 2.45) is 15.7 Å². The Morgan fingerprint density at radius 2 is 1.50 bits per heavy atom. The quantitative estimate of drug-likeness (QED) is 0.401. The van der Waals surface area contributed by atoms with Crippen LogP contribution in [-0.4, -0.2) is 37.9 Å². The molecule has 0 aliphatic carbocycles. The number of rotatable bonds is 8. The summed E-state index contributed by atoms with van der Waals surface area (Å²) >= 11 is 0. The molecule has 1 amide bonds. The summed E-state index contributed by atoms with van der Waals surface area (Å²) < 4.78 is 4.18. The van der Waals surface area contributed by atoms with E-state index in [-0.39, 0.29) is 0 Å². The van der Waals surface area contributed by atoms with Crippen LogP contribution in [0.15, 0.2) is 9.98 Å². The third kappa shape index (κ3) is 23.7. The van der Waals surface area contributed by atoms with Crippen LogP contribution in [0.2, 0.25) is 0 Å². The molecule has 7 heteroatoms. The molecule has 0 bridgehead atoms. The minimum Gasteiger partial charge on any atom is -0.450 e. The maximum Gasteiger partial charge on any atom is 0.404 e. The first-order valence-corrected chi connectivity index (χ1v) is 5.68. The van der Waals surface area contributed by atoms with Crippen molar-refractivity contribution in [3.8, 4) is 0 Å². The van der Waals surface area contributed by atoms with Gasteiger partial charge in [0.15, 0.2) is 0 Å². The molecule has 0 aliphatic rings. The van der Waals surface area contributed by atoms with Gasteiger partial charge >= 0.3 is 6.09 Å². The summed E-state index contributed by atoms with van der Waals surface area (Å²) in [6, 6.07) is 0. The summed E-state index contributed by atoms with van der Waals surface area (Å²) in [6.07, 6.45) is 6.09. The fourth-order valence-electron chi connectivity index (χ4n) is 0.969. The number of carbonyl (C=O) groups is 1. The summed E-state index contributed by atoms with van der Waals surface area (Å²) in [6.45, 7) is 3.17. The highest BCUT2D eigenvalue weighted by Crippen LogP contribution is 1.99. The zero-order chi connectivity index (χ0) is 14.1. The second-order valence-electron chi connectivity index (χ2n) is 3.11. The van der Waals surface area contributed by atoms with Crippen molar-refractivity contribution in [1.82, 2.24) is 0 Å². The van der Waals surface area contributed by atoms with Gasteiger partial charge in [0, 0.05) is 0 Å². The zero-order valence-electron chi connectivity index (χ0n) is 10.6. The van der Waals surface area contributed by atoms with Crippen molar-refractivity contribution >= 4 is 18.3 Å². The molecule has 0 atom stereocenters. The number of hydrogen-bond acceptors (Lipinski definition) is 6. The van der Waals surface area contributed by atoms with Crippen LogP contribution in [0.5, 0.6) is 0 Å². The van der Waals surface area contributed by atoms with Crippen molar-refractivity contribution in [3.05, 3.63) is 0 Å². The molecule has 0 saturated carbocycles. The average Bonchev–Trinajstić information content (AvgIpc) is 2.33. The highest BCUT2D eigenvalue weighted by Gasteiger charge is 1.87. The van der Waals surface area contributed by atoms with Crippen molar-refractivity contribution in [2.75, 3.05) is 19.7 Å². The number of ether oxygens (including phenoxy) is 1. The van der Waals surface area contributed by atoms with E-state index in [0.29, 0.717) is 19.7 Å². The summed E-state index contributed by atoms with van der Waals surface area (Å²) in [5.41, 5.74) is 4.54. The first-order valence-electron chi connectivity index (χ1n) is 5.68. The fourth-order valence-corrected chi connectivity index (χ4v) is 0.969. The van der Waals surface area contributed by atoms with Crippen LogP contribution >= 0.6 is 0 Å². The van der Waals surface area contributed by atoms with E-state index < -0.39 is 6.09 Å². The predicted octanol–water partition coefficient (Wildman–Crippen LogP) is 1.32. The van der Waals surface area contributed by atoms with Crippen LogP contribution in [0.1, 0.15) is 32.6 Å². The number of nitrogens with zero attached hydrogens (tertiary/aromatic N) is 2. The van der Waals surface area contributed by atoms with Crippen LogP contribution in [0.3, 0.4) is 0 Å². The number of nitrogens with two attached hydrogens (primary N) is 1. The molecule has 0 aliphatic heterocycles. The van der Waals surface area contributed by atoms with Crippen LogP contribution in [-0.2, 0) is 14.3 Å². The Morgan fingerprint density at radius 1 is 1.06 bits per heavy atom. The second-order valence-corrected chi connectivity index (χ2v) is 3.11. The molecule has 0 unspecified atom stereocenters. The summed E-state index contributed by atoms with van der Waals surface area (Å²) in [5.74, 6) is 0. The average molecular weight is 257 g/mol. The van der Waals surface area contributed by atoms with Gasteiger partial charge in [0.1, 0.15) is 0 Å². The van der Waals surface area contributed by atoms with Gasteiger partial charge in [0.2, 0.25) is 12.2 Å². The largest absolute Gasteiger partial charge is 0.450 e. The third-order valence-corrected chi connectivity index (χ3v) is 1.71. The van der Waals surface area contributed by atoms with Gasteiger partial charge in [-0.15, -0.1) is 0 Å². The fraction of sp³-hybridized carbons (Fsp3) is 0.727. The summed E-state index contributed by atoms with van der Waals surface area (Å²) in [5, 5.41) is 0. The van der Waals surface area contributed by atoms with Crippen LogP contribution in [0.4, 0.5) is 4.79 Å². The SMILES string of the molecule is CCOC(N)=O.O=C=NCCCCCCN=C=O. The maximum absolute atomic E-state index is 9.63. The Kier molecular flexibility index (Phi) is 17.8. The molecule has 0 aromatic heterocycles. The van der Waals surface area contributed by atoms with Gasteiger partial charge in [-0.3, -0.25) is 0 Å². The molecule has 18 heavy (non-hydrogen) atoms. The van der Waals surface area contributed by atoms with Gasteiger partial charge in [0.25, 0.3) is 0 Å². The van der Waals surface area contributed by atoms with E-state index >= 15 is 0 Å². The van der Waals surface area contributed by atoms with E-state index in [1.165, 1.54) is 12.2 Å². The van der Waals surface area contributed by atoms with Crippen molar-refractivity contribution in [1.29, 1.82) is 0 Å². The van der Waals surface area contributed by atoms with E-state index in [4.69, 9.17) is 0 Å². The lowest BCUT2D eigenvalue weighted by Crippen LogP contribution is -2.11. The molecule has 0 heterocycles. The van der Waals surface area contributed by atoms with Crippen molar-refractivity contribution in [3.63, 3.8) is 0 Å². The van der Waals surface area contributed by atoms with E-state index in [1.54, 1.807) is 6.92 Å². The Morgan fingerprint density at radius 3 is 1.72 bits per heavy atom. The number of amides is 1. The molecule has 0 aromatic carbocycles. The van der Waals surface area contributed by atoms with Crippen molar-refractivity contribution in [2.45, 2.75) is 32.6 Å². The number of aliphatic imine (C=N–C) groups is 2. The summed E-state index contributed by atoms with van der Waals surface area (Å²) in [7, 11) is 0. The van der Waals surface area contributed by atoms with Gasteiger partial charge in [-0.05, 0) is 19.8 Å². The topological polar surface area (TPSA) is 111 Å². The number of hydrogen-bond donors (Lipinski definition) is 1. The van der Waals surface area contributed by atoms with Crippen LogP contribution in [0, 0.1) is 0 Å². The smallest absolute Gasteiger partial charge is 0.404 e. The first-order chi connectivity index (χ1) is 8.68. The second kappa shape index (κ2) is 17.4. The number of unbranched alkanes of at least 4 members (excludes halogenated alkanes) is 3.